The van der Waals surface area contributed by atoms with Gasteiger partial charge < -0.3 is 14.8 Å². The number of rotatable bonds is 6. The zero-order valence-corrected chi connectivity index (χ0v) is 13.2. The highest BCUT2D eigenvalue weighted by Gasteiger charge is 2.16. The highest BCUT2D eigenvalue weighted by Crippen LogP contribution is 2.24. The van der Waals surface area contributed by atoms with Gasteiger partial charge in [-0.25, -0.2) is 9.78 Å². The first kappa shape index (κ1) is 16.3. The van der Waals surface area contributed by atoms with Crippen LogP contribution in [0.2, 0.25) is 5.15 Å². The Kier molecular flexibility index (Phi) is 5.74. The van der Waals surface area contributed by atoms with E-state index in [1.165, 1.54) is 17.5 Å². The maximum absolute atomic E-state index is 11.9. The van der Waals surface area contributed by atoms with Crippen molar-refractivity contribution in [2.45, 2.75) is 6.92 Å². The smallest absolute Gasteiger partial charge is 0.341 e. The molecule has 1 amide bonds. The molecule has 2 aromatic rings. The van der Waals surface area contributed by atoms with Crippen molar-refractivity contribution >= 4 is 39.8 Å². The largest absolute Gasteiger partial charge is 0.481 e. The number of esters is 1. The van der Waals surface area contributed by atoms with Crippen LogP contribution in [0, 0.1) is 0 Å². The number of anilines is 1. The van der Waals surface area contributed by atoms with Gasteiger partial charge in [-0.2, -0.15) is 0 Å². The predicted octanol–water partition coefficient (Wildman–Crippen LogP) is 2.99. The van der Waals surface area contributed by atoms with Crippen LogP contribution in [-0.2, 0) is 9.53 Å². The molecular formula is C14H13ClN2O4S. The number of nitrogens with zero attached hydrogens (tertiary/aromatic N) is 1. The molecule has 116 valence electrons. The van der Waals surface area contributed by atoms with Crippen LogP contribution >= 0.6 is 22.9 Å². The molecule has 2 heterocycles. The molecule has 0 bridgehead atoms. The molecule has 2 aromatic heterocycles. The number of ether oxygens (including phenoxy) is 2. The number of hydrogen-bond acceptors (Lipinski definition) is 6. The maximum Gasteiger partial charge on any atom is 0.341 e. The Morgan fingerprint density at radius 2 is 2.23 bits per heavy atom. The molecule has 0 saturated carbocycles. The van der Waals surface area contributed by atoms with Gasteiger partial charge in [0, 0.05) is 6.20 Å². The average Bonchev–Trinajstić information content (AvgIpc) is 2.95. The van der Waals surface area contributed by atoms with Crippen LogP contribution in [0.15, 0.2) is 29.8 Å². The van der Waals surface area contributed by atoms with Gasteiger partial charge in [0.2, 0.25) is 0 Å². The highest BCUT2D eigenvalue weighted by molar-refractivity contribution is 7.14. The van der Waals surface area contributed by atoms with Crippen LogP contribution in [0.4, 0.5) is 5.00 Å². The van der Waals surface area contributed by atoms with Crippen molar-refractivity contribution in [3.05, 3.63) is 40.5 Å². The summed E-state index contributed by atoms with van der Waals surface area (Å²) in [5, 5.41) is 4.90. The molecule has 0 atom stereocenters. The fraction of sp³-hybridized carbons (Fsp3) is 0.214. The Labute approximate surface area is 136 Å². The second kappa shape index (κ2) is 7.77. The number of carbonyl (C=O) groups is 2. The Balaban J connectivity index is 1.94. The van der Waals surface area contributed by atoms with E-state index in [0.717, 1.165) is 0 Å². The number of thiophene rings is 1. The normalized spacial score (nSPS) is 10.1. The molecule has 0 fully saturated rings. The van der Waals surface area contributed by atoms with E-state index in [9.17, 15) is 9.59 Å². The molecule has 0 aliphatic heterocycles. The molecule has 2 rings (SSSR count). The number of halogens is 1. The van der Waals surface area contributed by atoms with Gasteiger partial charge in [0.1, 0.15) is 5.00 Å². The van der Waals surface area contributed by atoms with Crippen LogP contribution in [0.1, 0.15) is 17.3 Å². The number of nitrogens with one attached hydrogen (secondary N) is 1. The van der Waals surface area contributed by atoms with E-state index >= 15 is 0 Å². The van der Waals surface area contributed by atoms with Gasteiger partial charge in [-0.3, -0.25) is 4.79 Å². The molecular weight excluding hydrogens is 328 g/mol. The van der Waals surface area contributed by atoms with E-state index in [4.69, 9.17) is 21.1 Å². The third-order valence-corrected chi connectivity index (χ3v) is 3.61. The minimum atomic E-state index is -0.477. The van der Waals surface area contributed by atoms with Gasteiger partial charge in [0.15, 0.2) is 17.5 Å². The quantitative estimate of drug-likeness (QED) is 0.646. The van der Waals surface area contributed by atoms with E-state index < -0.39 is 11.9 Å². The third-order valence-electron chi connectivity index (χ3n) is 2.50. The lowest BCUT2D eigenvalue weighted by molar-refractivity contribution is -0.118. The molecule has 8 heteroatoms. The van der Waals surface area contributed by atoms with E-state index in [1.54, 1.807) is 30.5 Å². The van der Waals surface area contributed by atoms with Gasteiger partial charge in [-0.1, -0.05) is 11.6 Å². The van der Waals surface area contributed by atoms with Crippen molar-refractivity contribution in [3.8, 4) is 5.75 Å². The summed E-state index contributed by atoms with van der Waals surface area (Å²) in [5.74, 6) is -0.570. The van der Waals surface area contributed by atoms with Gasteiger partial charge >= 0.3 is 5.97 Å². The summed E-state index contributed by atoms with van der Waals surface area (Å²) in [4.78, 5) is 27.4. The highest BCUT2D eigenvalue weighted by atomic mass is 35.5. The molecule has 6 nitrogen and oxygen atoms in total. The van der Waals surface area contributed by atoms with Crippen molar-refractivity contribution < 1.29 is 19.1 Å². The fourth-order valence-corrected chi connectivity index (χ4v) is 2.53. The van der Waals surface area contributed by atoms with Crippen LogP contribution in [0.3, 0.4) is 0 Å². The third kappa shape index (κ3) is 4.19. The first-order valence-corrected chi connectivity index (χ1v) is 7.65. The second-order valence-electron chi connectivity index (χ2n) is 4.01. The first-order chi connectivity index (χ1) is 10.6. The SMILES string of the molecule is CCOC(=O)c1ccsc1NC(=O)COc1cccnc1Cl. The monoisotopic (exact) mass is 340 g/mol. The minimum absolute atomic E-state index is 0.179. The average molecular weight is 341 g/mol. The summed E-state index contributed by atoms with van der Waals surface area (Å²) in [6.07, 6.45) is 1.52. The van der Waals surface area contributed by atoms with Crippen LogP contribution < -0.4 is 10.1 Å². The molecule has 0 aliphatic carbocycles. The number of carbonyl (C=O) groups excluding carboxylic acids is 2. The summed E-state index contributed by atoms with van der Waals surface area (Å²) in [7, 11) is 0. The molecule has 0 aromatic carbocycles. The molecule has 0 saturated heterocycles. The van der Waals surface area contributed by atoms with Gasteiger partial charge in [0.25, 0.3) is 5.91 Å². The zero-order chi connectivity index (χ0) is 15.9. The fourth-order valence-electron chi connectivity index (χ4n) is 1.56. The lowest BCUT2D eigenvalue weighted by Gasteiger charge is -2.08. The molecule has 0 spiro atoms. The summed E-state index contributed by atoms with van der Waals surface area (Å²) in [5.41, 5.74) is 0.319. The predicted molar refractivity (Wildman–Crippen MR) is 83.6 cm³/mol. The summed E-state index contributed by atoms with van der Waals surface area (Å²) in [6, 6.07) is 4.85. The van der Waals surface area contributed by atoms with E-state index in [1.807, 2.05) is 0 Å². The molecule has 0 radical (unpaired) electrons. The van der Waals surface area contributed by atoms with Crippen molar-refractivity contribution in [2.75, 3.05) is 18.5 Å². The van der Waals surface area contributed by atoms with Crippen LogP contribution in [0.5, 0.6) is 5.75 Å². The van der Waals surface area contributed by atoms with Crippen molar-refractivity contribution in [1.82, 2.24) is 4.98 Å². The second-order valence-corrected chi connectivity index (χ2v) is 5.29. The maximum atomic E-state index is 11.9. The molecule has 22 heavy (non-hydrogen) atoms. The molecule has 0 unspecified atom stereocenters. The van der Waals surface area contributed by atoms with Crippen LogP contribution in [0.25, 0.3) is 0 Å². The zero-order valence-electron chi connectivity index (χ0n) is 11.7. The number of aromatic nitrogens is 1. The van der Waals surface area contributed by atoms with E-state index in [-0.39, 0.29) is 18.4 Å². The summed E-state index contributed by atoms with van der Waals surface area (Å²) < 4.78 is 10.2. The summed E-state index contributed by atoms with van der Waals surface area (Å²) >= 11 is 7.06. The Morgan fingerprint density at radius 3 is 2.95 bits per heavy atom. The lowest BCUT2D eigenvalue weighted by Crippen LogP contribution is -2.21. The molecule has 0 aliphatic rings. The van der Waals surface area contributed by atoms with Crippen molar-refractivity contribution in [1.29, 1.82) is 0 Å². The number of pyridine rings is 1. The Hall–Kier alpha value is -2.12. The van der Waals surface area contributed by atoms with Gasteiger partial charge in [-0.05, 0) is 30.5 Å². The van der Waals surface area contributed by atoms with E-state index in [0.29, 0.717) is 16.3 Å². The van der Waals surface area contributed by atoms with Gasteiger partial charge in [0.05, 0.1) is 12.2 Å². The molecule has 1 N–H and O–H groups in total. The Bertz CT molecular complexity index is 674. The van der Waals surface area contributed by atoms with Gasteiger partial charge in [-0.15, -0.1) is 11.3 Å². The standard InChI is InChI=1S/C14H13ClN2O4S/c1-2-20-14(19)9-5-7-22-13(9)17-11(18)8-21-10-4-3-6-16-12(10)15/h3-7H,2,8H2,1H3,(H,17,18). The number of hydrogen-bond donors (Lipinski definition) is 1. The summed E-state index contributed by atoms with van der Waals surface area (Å²) in [6.45, 7) is 1.74. The van der Waals surface area contributed by atoms with Crippen LogP contribution in [-0.4, -0.2) is 30.1 Å². The Morgan fingerprint density at radius 1 is 1.41 bits per heavy atom. The van der Waals surface area contributed by atoms with E-state index in [2.05, 4.69) is 10.3 Å². The van der Waals surface area contributed by atoms with Crippen molar-refractivity contribution in [3.63, 3.8) is 0 Å². The first-order valence-electron chi connectivity index (χ1n) is 6.39. The minimum Gasteiger partial charge on any atom is -0.481 e. The van der Waals surface area contributed by atoms with Crippen molar-refractivity contribution in [2.24, 2.45) is 0 Å². The topological polar surface area (TPSA) is 77.5 Å². The number of amides is 1. The lowest BCUT2D eigenvalue weighted by atomic mass is 10.3.